The third-order valence-electron chi connectivity index (χ3n) is 3.41. The molecule has 132 valence electrons. The predicted octanol–water partition coefficient (Wildman–Crippen LogP) is 3.80. The van der Waals surface area contributed by atoms with Gasteiger partial charge in [0.2, 0.25) is 5.91 Å². The number of ether oxygens (including phenoxy) is 1. The van der Waals surface area contributed by atoms with Gasteiger partial charge in [0.1, 0.15) is 16.2 Å². The van der Waals surface area contributed by atoms with Gasteiger partial charge in [-0.1, -0.05) is 13.3 Å². The number of aryl methyl sites for hydroxylation is 1. The van der Waals surface area contributed by atoms with E-state index in [1.807, 2.05) is 0 Å². The van der Waals surface area contributed by atoms with Gasteiger partial charge in [-0.15, -0.1) is 23.1 Å². The van der Waals surface area contributed by atoms with Gasteiger partial charge in [-0.3, -0.25) is 4.79 Å². The van der Waals surface area contributed by atoms with Crippen molar-refractivity contribution in [2.45, 2.75) is 44.6 Å². The topological polar surface area (TPSA) is 64.1 Å². The van der Waals surface area contributed by atoms with Crippen LogP contribution in [-0.4, -0.2) is 41.4 Å². The van der Waals surface area contributed by atoms with E-state index in [0.29, 0.717) is 19.6 Å². The zero-order chi connectivity index (χ0) is 17.2. The Hall–Kier alpha value is -1.18. The number of rotatable bonds is 11. The van der Waals surface area contributed by atoms with E-state index in [0.717, 1.165) is 46.9 Å². The number of fused-ring (bicyclic) bond motifs is 1. The third-order valence-corrected chi connectivity index (χ3v) is 5.38. The fourth-order valence-electron chi connectivity index (χ4n) is 2.15. The number of aromatic nitrogens is 2. The Morgan fingerprint density at radius 2 is 2.17 bits per heavy atom. The molecule has 0 atom stereocenters. The van der Waals surface area contributed by atoms with Crippen LogP contribution in [-0.2, 0) is 9.53 Å². The van der Waals surface area contributed by atoms with Gasteiger partial charge in [0, 0.05) is 42.2 Å². The van der Waals surface area contributed by atoms with E-state index >= 15 is 0 Å². The van der Waals surface area contributed by atoms with Crippen LogP contribution >= 0.6 is 23.1 Å². The van der Waals surface area contributed by atoms with Crippen LogP contribution in [0.15, 0.2) is 17.4 Å². The first kappa shape index (κ1) is 19.1. The second-order valence-corrected chi connectivity index (χ2v) is 7.84. The normalized spacial score (nSPS) is 11.1. The molecule has 0 aliphatic carbocycles. The maximum atomic E-state index is 11.8. The van der Waals surface area contributed by atoms with Crippen molar-refractivity contribution in [3.63, 3.8) is 0 Å². The molecule has 0 aliphatic rings. The molecule has 0 saturated carbocycles. The van der Waals surface area contributed by atoms with Crippen LogP contribution in [0.2, 0.25) is 0 Å². The first-order chi connectivity index (χ1) is 11.7. The van der Waals surface area contributed by atoms with Crippen molar-refractivity contribution in [3.8, 4) is 0 Å². The summed E-state index contributed by atoms with van der Waals surface area (Å²) in [6, 6.07) is 2.11. The SMILES string of the molecule is CCCCOCCCNC(=O)CCSc1ncnc2sc(C)cc12. The van der Waals surface area contributed by atoms with Crippen LogP contribution in [0.25, 0.3) is 10.2 Å². The highest BCUT2D eigenvalue weighted by atomic mass is 32.2. The van der Waals surface area contributed by atoms with Gasteiger partial charge in [0.25, 0.3) is 0 Å². The minimum Gasteiger partial charge on any atom is -0.381 e. The van der Waals surface area contributed by atoms with E-state index < -0.39 is 0 Å². The molecule has 2 rings (SSSR count). The maximum absolute atomic E-state index is 11.8. The molecule has 0 unspecified atom stereocenters. The van der Waals surface area contributed by atoms with Crippen molar-refractivity contribution < 1.29 is 9.53 Å². The average molecular weight is 368 g/mol. The summed E-state index contributed by atoms with van der Waals surface area (Å²) in [7, 11) is 0. The molecule has 5 nitrogen and oxygen atoms in total. The lowest BCUT2D eigenvalue weighted by Crippen LogP contribution is -2.25. The van der Waals surface area contributed by atoms with Gasteiger partial charge in [-0.05, 0) is 25.8 Å². The quantitative estimate of drug-likeness (QED) is 0.372. The molecule has 0 saturated heterocycles. The van der Waals surface area contributed by atoms with Crippen molar-refractivity contribution in [3.05, 3.63) is 17.3 Å². The zero-order valence-electron chi connectivity index (χ0n) is 14.3. The van der Waals surface area contributed by atoms with Crippen LogP contribution in [0.1, 0.15) is 37.5 Å². The van der Waals surface area contributed by atoms with Crippen LogP contribution in [0, 0.1) is 6.92 Å². The molecule has 2 aromatic rings. The molecule has 0 spiro atoms. The maximum Gasteiger partial charge on any atom is 0.220 e. The fourth-order valence-corrected chi connectivity index (χ4v) is 3.97. The Kier molecular flexibility index (Phi) is 8.49. The van der Waals surface area contributed by atoms with Crippen molar-refractivity contribution in [1.29, 1.82) is 0 Å². The van der Waals surface area contributed by atoms with Crippen LogP contribution in [0.5, 0.6) is 0 Å². The van der Waals surface area contributed by atoms with Gasteiger partial charge in [0.05, 0.1) is 0 Å². The number of hydrogen-bond acceptors (Lipinski definition) is 6. The van der Waals surface area contributed by atoms with Crippen LogP contribution < -0.4 is 5.32 Å². The lowest BCUT2D eigenvalue weighted by molar-refractivity contribution is -0.120. The van der Waals surface area contributed by atoms with Crippen molar-refractivity contribution in [1.82, 2.24) is 15.3 Å². The first-order valence-electron chi connectivity index (χ1n) is 8.39. The first-order valence-corrected chi connectivity index (χ1v) is 10.2. The van der Waals surface area contributed by atoms with Gasteiger partial charge in [-0.2, -0.15) is 0 Å². The third kappa shape index (κ3) is 6.37. The number of nitrogens with zero attached hydrogens (tertiary/aromatic N) is 2. The van der Waals surface area contributed by atoms with Crippen molar-refractivity contribution in [2.24, 2.45) is 0 Å². The van der Waals surface area contributed by atoms with Crippen molar-refractivity contribution >= 4 is 39.2 Å². The Morgan fingerprint density at radius 3 is 3.00 bits per heavy atom. The summed E-state index contributed by atoms with van der Waals surface area (Å²) in [5.74, 6) is 0.808. The monoisotopic (exact) mass is 367 g/mol. The Balaban J connectivity index is 1.62. The summed E-state index contributed by atoms with van der Waals surface area (Å²) in [4.78, 5) is 22.7. The molecule has 0 fully saturated rings. The molecule has 7 heteroatoms. The molecule has 0 aliphatic heterocycles. The summed E-state index contributed by atoms with van der Waals surface area (Å²) in [6.45, 7) is 6.42. The zero-order valence-corrected chi connectivity index (χ0v) is 16.0. The molecule has 0 radical (unpaired) electrons. The van der Waals surface area contributed by atoms with E-state index in [1.165, 1.54) is 4.88 Å². The number of unbranched alkanes of at least 4 members (excludes halogenated alkanes) is 1. The second kappa shape index (κ2) is 10.6. The largest absolute Gasteiger partial charge is 0.381 e. The number of carbonyl (C=O) groups excluding carboxylic acids is 1. The van der Waals surface area contributed by atoms with Gasteiger partial charge in [0.15, 0.2) is 0 Å². The second-order valence-electron chi connectivity index (χ2n) is 5.52. The Morgan fingerprint density at radius 1 is 1.33 bits per heavy atom. The number of hydrogen-bond donors (Lipinski definition) is 1. The molecule has 2 aromatic heterocycles. The predicted molar refractivity (Wildman–Crippen MR) is 101 cm³/mol. The summed E-state index contributed by atoms with van der Waals surface area (Å²) in [5.41, 5.74) is 0. The van der Waals surface area contributed by atoms with E-state index in [1.54, 1.807) is 29.4 Å². The highest BCUT2D eigenvalue weighted by Crippen LogP contribution is 2.30. The van der Waals surface area contributed by atoms with Gasteiger partial charge in [-0.25, -0.2) is 9.97 Å². The minimum absolute atomic E-state index is 0.0860. The summed E-state index contributed by atoms with van der Waals surface area (Å²) in [6.07, 6.45) is 5.21. The lowest BCUT2D eigenvalue weighted by atomic mass is 10.3. The molecule has 0 aromatic carbocycles. The summed E-state index contributed by atoms with van der Waals surface area (Å²) in [5, 5.41) is 4.99. The lowest BCUT2D eigenvalue weighted by Gasteiger charge is -2.06. The highest BCUT2D eigenvalue weighted by molar-refractivity contribution is 7.99. The average Bonchev–Trinajstić information content (AvgIpc) is 2.95. The molecule has 24 heavy (non-hydrogen) atoms. The number of thiophene rings is 1. The molecule has 1 amide bonds. The van der Waals surface area contributed by atoms with E-state index in [4.69, 9.17) is 4.74 Å². The summed E-state index contributed by atoms with van der Waals surface area (Å²) >= 11 is 3.29. The van der Waals surface area contributed by atoms with Crippen LogP contribution in [0.4, 0.5) is 0 Å². The highest BCUT2D eigenvalue weighted by Gasteiger charge is 2.08. The van der Waals surface area contributed by atoms with Crippen molar-refractivity contribution in [2.75, 3.05) is 25.5 Å². The molecular formula is C17H25N3O2S2. The number of amides is 1. The van der Waals surface area contributed by atoms with E-state index in [9.17, 15) is 4.79 Å². The van der Waals surface area contributed by atoms with Gasteiger partial charge < -0.3 is 10.1 Å². The molecular weight excluding hydrogens is 342 g/mol. The van der Waals surface area contributed by atoms with E-state index in [2.05, 4.69) is 35.2 Å². The van der Waals surface area contributed by atoms with E-state index in [-0.39, 0.29) is 5.91 Å². The van der Waals surface area contributed by atoms with Crippen LogP contribution in [0.3, 0.4) is 0 Å². The number of carbonyl (C=O) groups is 1. The number of thioether (sulfide) groups is 1. The fraction of sp³-hybridized carbons (Fsp3) is 0.588. The molecule has 2 heterocycles. The number of nitrogens with one attached hydrogen (secondary N) is 1. The summed E-state index contributed by atoms with van der Waals surface area (Å²) < 4.78 is 5.47. The smallest absolute Gasteiger partial charge is 0.220 e. The standard InChI is InChI=1S/C17H25N3O2S2/c1-3-4-8-22-9-5-7-18-15(21)6-10-23-16-14-11-13(2)24-17(14)20-12-19-16/h11-12H,3-10H2,1-2H3,(H,18,21). The minimum atomic E-state index is 0.0860. The molecule has 0 bridgehead atoms. The molecule has 1 N–H and O–H groups in total. The van der Waals surface area contributed by atoms with Gasteiger partial charge >= 0.3 is 0 Å². The Labute approximate surface area is 151 Å². The Bertz CT molecular complexity index is 646.